The van der Waals surface area contributed by atoms with Crippen LogP contribution in [0, 0.1) is 11.8 Å². The maximum atomic E-state index is 13.6. The van der Waals surface area contributed by atoms with E-state index in [1.165, 1.54) is 6.42 Å². The van der Waals surface area contributed by atoms with Crippen molar-refractivity contribution in [1.82, 2.24) is 14.8 Å². The van der Waals surface area contributed by atoms with E-state index >= 15 is 0 Å². The first-order valence-corrected chi connectivity index (χ1v) is 13.7. The van der Waals surface area contributed by atoms with Crippen LogP contribution in [-0.2, 0) is 9.59 Å². The van der Waals surface area contributed by atoms with Crippen LogP contribution in [0.15, 0.2) is 42.6 Å². The van der Waals surface area contributed by atoms with E-state index < -0.39 is 0 Å². The van der Waals surface area contributed by atoms with E-state index in [1.54, 1.807) is 41.4 Å². The van der Waals surface area contributed by atoms with Gasteiger partial charge in [0.05, 0.1) is 23.5 Å². The highest BCUT2D eigenvalue weighted by Gasteiger charge is 2.33. The Bertz CT molecular complexity index is 1140. The monoisotopic (exact) mass is 503 g/mol. The summed E-state index contributed by atoms with van der Waals surface area (Å²) in [6.45, 7) is 5.83. The molecule has 1 aliphatic carbocycles. The SMILES string of the molecule is CCN(CCCCC1CCN(CC(=O)N2c3ccccc3C(=O)Nc3cccnc32)CC1)C(=O)C1CC1. The Morgan fingerprint density at radius 2 is 1.84 bits per heavy atom. The van der Waals surface area contributed by atoms with Crippen molar-refractivity contribution in [2.24, 2.45) is 11.8 Å². The highest BCUT2D eigenvalue weighted by molar-refractivity contribution is 6.17. The second-order valence-electron chi connectivity index (χ2n) is 10.5. The van der Waals surface area contributed by atoms with Crippen molar-refractivity contribution in [3.8, 4) is 0 Å². The maximum Gasteiger partial charge on any atom is 0.257 e. The minimum atomic E-state index is -0.236. The van der Waals surface area contributed by atoms with Gasteiger partial charge in [-0.2, -0.15) is 0 Å². The third-order valence-electron chi connectivity index (χ3n) is 7.86. The Morgan fingerprint density at radius 1 is 1.05 bits per heavy atom. The van der Waals surface area contributed by atoms with Gasteiger partial charge in [0.1, 0.15) is 0 Å². The minimum absolute atomic E-state index is 0.0812. The number of rotatable bonds is 9. The molecule has 196 valence electrons. The molecule has 1 saturated carbocycles. The first-order chi connectivity index (χ1) is 18.0. The lowest BCUT2D eigenvalue weighted by molar-refractivity contribution is -0.132. The van der Waals surface area contributed by atoms with E-state index in [4.69, 9.17) is 0 Å². The van der Waals surface area contributed by atoms with Gasteiger partial charge in [-0.3, -0.25) is 24.2 Å². The topological polar surface area (TPSA) is 85.8 Å². The predicted octanol–water partition coefficient (Wildman–Crippen LogP) is 4.45. The standard InChI is InChI=1S/C29H37N5O3/c1-2-33(29(37)22-12-13-22)17-6-5-8-21-14-18-32(19-15-21)20-26(35)34-25-11-4-3-9-23(25)28(36)31-24-10-7-16-30-27(24)34/h3-4,7,9-11,16,21-22H,2,5-6,8,12-15,17-20H2,1H3,(H,31,36). The highest BCUT2D eigenvalue weighted by Crippen LogP contribution is 2.36. The molecule has 0 bridgehead atoms. The van der Waals surface area contributed by atoms with Gasteiger partial charge in [0.25, 0.3) is 5.91 Å². The number of carbonyl (C=O) groups is 3. The molecule has 2 fully saturated rings. The fraction of sp³-hybridized carbons (Fsp3) is 0.517. The maximum absolute atomic E-state index is 13.6. The Balaban J connectivity index is 1.14. The second-order valence-corrected chi connectivity index (χ2v) is 10.5. The average molecular weight is 504 g/mol. The Morgan fingerprint density at radius 3 is 2.59 bits per heavy atom. The van der Waals surface area contributed by atoms with Crippen molar-refractivity contribution >= 4 is 34.9 Å². The molecule has 2 aliphatic heterocycles. The normalized spacial score (nSPS) is 18.0. The minimum Gasteiger partial charge on any atom is -0.343 e. The summed E-state index contributed by atoms with van der Waals surface area (Å²) in [4.78, 5) is 49.0. The summed E-state index contributed by atoms with van der Waals surface area (Å²) in [6, 6.07) is 10.7. The molecule has 0 spiro atoms. The third kappa shape index (κ3) is 5.85. The summed E-state index contributed by atoms with van der Waals surface area (Å²) < 4.78 is 0. The molecule has 1 aromatic heterocycles. The quantitative estimate of drug-likeness (QED) is 0.511. The summed E-state index contributed by atoms with van der Waals surface area (Å²) in [7, 11) is 0. The summed E-state index contributed by atoms with van der Waals surface area (Å²) in [5, 5.41) is 2.89. The van der Waals surface area contributed by atoms with Crippen LogP contribution in [-0.4, -0.2) is 65.2 Å². The van der Waals surface area contributed by atoms with Crippen LogP contribution in [0.5, 0.6) is 0 Å². The van der Waals surface area contributed by atoms with Crippen molar-refractivity contribution in [2.75, 3.05) is 42.9 Å². The zero-order valence-corrected chi connectivity index (χ0v) is 21.7. The van der Waals surface area contributed by atoms with Gasteiger partial charge < -0.3 is 10.2 Å². The van der Waals surface area contributed by atoms with Crippen LogP contribution in [0.1, 0.15) is 62.2 Å². The fourth-order valence-corrected chi connectivity index (χ4v) is 5.53. The zero-order chi connectivity index (χ0) is 25.8. The number of unbranched alkanes of at least 4 members (excludes halogenated alkanes) is 1. The summed E-state index contributed by atoms with van der Waals surface area (Å²) in [6.07, 6.45) is 9.34. The molecule has 37 heavy (non-hydrogen) atoms. The Labute approximate surface area is 219 Å². The van der Waals surface area contributed by atoms with Gasteiger partial charge in [-0.1, -0.05) is 25.0 Å². The van der Waals surface area contributed by atoms with Crippen molar-refractivity contribution in [3.05, 3.63) is 48.2 Å². The van der Waals surface area contributed by atoms with Crippen LogP contribution in [0.2, 0.25) is 0 Å². The van der Waals surface area contributed by atoms with E-state index in [0.29, 0.717) is 47.0 Å². The number of pyridine rings is 1. The van der Waals surface area contributed by atoms with E-state index in [0.717, 1.165) is 64.7 Å². The van der Waals surface area contributed by atoms with Crippen LogP contribution in [0.4, 0.5) is 17.2 Å². The van der Waals surface area contributed by atoms with Gasteiger partial charge in [0.15, 0.2) is 5.82 Å². The molecule has 5 rings (SSSR count). The molecule has 8 heteroatoms. The lowest BCUT2D eigenvalue weighted by Crippen LogP contribution is -2.42. The number of para-hydroxylation sites is 1. The molecular formula is C29H37N5O3. The highest BCUT2D eigenvalue weighted by atomic mass is 16.2. The lowest BCUT2D eigenvalue weighted by Gasteiger charge is -2.33. The molecule has 0 unspecified atom stereocenters. The van der Waals surface area contributed by atoms with Crippen molar-refractivity contribution in [2.45, 2.75) is 51.9 Å². The zero-order valence-electron chi connectivity index (χ0n) is 21.7. The molecule has 0 atom stereocenters. The number of hydrogen-bond acceptors (Lipinski definition) is 5. The van der Waals surface area contributed by atoms with E-state index in [2.05, 4.69) is 22.1 Å². The second kappa shape index (κ2) is 11.4. The van der Waals surface area contributed by atoms with Crippen LogP contribution < -0.4 is 10.2 Å². The third-order valence-corrected chi connectivity index (χ3v) is 7.86. The number of nitrogens with zero attached hydrogens (tertiary/aromatic N) is 4. The van der Waals surface area contributed by atoms with Gasteiger partial charge in [0.2, 0.25) is 11.8 Å². The number of aromatic nitrogens is 1. The number of benzene rings is 1. The number of likely N-dealkylation sites (tertiary alicyclic amines) is 1. The van der Waals surface area contributed by atoms with E-state index in [-0.39, 0.29) is 11.8 Å². The van der Waals surface area contributed by atoms with Gasteiger partial charge in [0, 0.05) is 25.2 Å². The van der Waals surface area contributed by atoms with Gasteiger partial charge in [-0.05, 0) is 82.3 Å². The van der Waals surface area contributed by atoms with Gasteiger partial charge in [-0.25, -0.2) is 4.98 Å². The van der Waals surface area contributed by atoms with E-state index in [1.807, 2.05) is 11.0 Å². The Hall–Kier alpha value is -3.26. The van der Waals surface area contributed by atoms with Crippen molar-refractivity contribution in [1.29, 1.82) is 0 Å². The van der Waals surface area contributed by atoms with E-state index in [9.17, 15) is 14.4 Å². The molecule has 1 saturated heterocycles. The molecule has 3 amide bonds. The molecule has 0 radical (unpaired) electrons. The van der Waals surface area contributed by atoms with Gasteiger partial charge in [-0.15, -0.1) is 0 Å². The molecule has 2 aromatic rings. The first-order valence-electron chi connectivity index (χ1n) is 13.7. The molecular weight excluding hydrogens is 466 g/mol. The molecule has 1 aromatic carbocycles. The molecule has 8 nitrogen and oxygen atoms in total. The summed E-state index contributed by atoms with van der Waals surface area (Å²) in [5.74, 6) is 1.47. The Kier molecular flexibility index (Phi) is 7.84. The van der Waals surface area contributed by atoms with Crippen LogP contribution in [0.25, 0.3) is 0 Å². The fourth-order valence-electron chi connectivity index (χ4n) is 5.53. The lowest BCUT2D eigenvalue weighted by atomic mass is 9.91. The van der Waals surface area contributed by atoms with Crippen LogP contribution >= 0.6 is 0 Å². The van der Waals surface area contributed by atoms with Crippen LogP contribution in [0.3, 0.4) is 0 Å². The van der Waals surface area contributed by atoms with Crippen molar-refractivity contribution < 1.29 is 14.4 Å². The first kappa shape index (κ1) is 25.4. The molecule has 3 heterocycles. The molecule has 3 aliphatic rings. The largest absolute Gasteiger partial charge is 0.343 e. The number of anilines is 3. The molecule has 1 N–H and O–H groups in total. The predicted molar refractivity (Wildman–Crippen MR) is 144 cm³/mol. The number of nitrogens with one attached hydrogen (secondary N) is 1. The summed E-state index contributed by atoms with van der Waals surface area (Å²) >= 11 is 0. The average Bonchev–Trinajstić information content (AvgIpc) is 3.77. The number of carbonyl (C=O) groups excluding carboxylic acids is 3. The number of amides is 3. The smallest absolute Gasteiger partial charge is 0.257 e. The van der Waals surface area contributed by atoms with Gasteiger partial charge >= 0.3 is 0 Å². The number of hydrogen-bond donors (Lipinski definition) is 1. The number of fused-ring (bicyclic) bond motifs is 2. The number of piperidine rings is 1. The summed E-state index contributed by atoms with van der Waals surface area (Å²) in [5.41, 5.74) is 1.57. The van der Waals surface area contributed by atoms with Crippen molar-refractivity contribution in [3.63, 3.8) is 0 Å².